The summed E-state index contributed by atoms with van der Waals surface area (Å²) >= 11 is 0. The molecule has 1 heterocycles. The minimum atomic E-state index is 0.680. The highest BCUT2D eigenvalue weighted by atomic mass is 15.0. The summed E-state index contributed by atoms with van der Waals surface area (Å²) < 4.78 is 2.15. The van der Waals surface area contributed by atoms with Gasteiger partial charge in [0.15, 0.2) is 0 Å². The molecular weight excluding hydrogens is 186 g/mol. The predicted molar refractivity (Wildman–Crippen MR) is 61.6 cm³/mol. The SMILES string of the molecule is CC(CNC1CCCC1)Cn1ccnc1. The van der Waals surface area contributed by atoms with Crippen molar-refractivity contribution < 1.29 is 0 Å². The number of aromatic nitrogens is 2. The summed E-state index contributed by atoms with van der Waals surface area (Å²) in [4.78, 5) is 4.06. The molecule has 3 nitrogen and oxygen atoms in total. The second-order valence-corrected chi connectivity index (χ2v) is 4.75. The van der Waals surface area contributed by atoms with Crippen LogP contribution < -0.4 is 5.32 Å². The predicted octanol–water partition coefficient (Wildman–Crippen LogP) is 2.05. The largest absolute Gasteiger partial charge is 0.337 e. The smallest absolute Gasteiger partial charge is 0.0946 e. The van der Waals surface area contributed by atoms with Crippen LogP contribution in [-0.4, -0.2) is 22.1 Å². The molecule has 2 rings (SSSR count). The van der Waals surface area contributed by atoms with Crippen LogP contribution in [0.1, 0.15) is 32.6 Å². The molecule has 1 unspecified atom stereocenters. The van der Waals surface area contributed by atoms with Crippen molar-refractivity contribution in [1.82, 2.24) is 14.9 Å². The van der Waals surface area contributed by atoms with E-state index in [0.717, 1.165) is 19.1 Å². The highest BCUT2D eigenvalue weighted by Gasteiger charge is 2.14. The van der Waals surface area contributed by atoms with Gasteiger partial charge in [0.25, 0.3) is 0 Å². The van der Waals surface area contributed by atoms with Crippen molar-refractivity contribution in [3.63, 3.8) is 0 Å². The third-order valence-corrected chi connectivity index (χ3v) is 3.19. The zero-order valence-corrected chi connectivity index (χ0v) is 9.52. The standard InChI is InChI=1S/C12H21N3/c1-11(9-15-7-6-13-10-15)8-14-12-4-2-3-5-12/h6-7,10-12,14H,2-5,8-9H2,1H3. The highest BCUT2D eigenvalue weighted by Crippen LogP contribution is 2.17. The first-order valence-corrected chi connectivity index (χ1v) is 6.03. The lowest BCUT2D eigenvalue weighted by molar-refractivity contribution is 0.408. The van der Waals surface area contributed by atoms with Gasteiger partial charge >= 0.3 is 0 Å². The molecule has 1 N–H and O–H groups in total. The molecule has 0 radical (unpaired) electrons. The second kappa shape index (κ2) is 5.31. The maximum absolute atomic E-state index is 4.06. The summed E-state index contributed by atoms with van der Waals surface area (Å²) in [6, 6.07) is 0.787. The van der Waals surface area contributed by atoms with E-state index in [2.05, 4.69) is 21.8 Å². The molecule has 84 valence electrons. The highest BCUT2D eigenvalue weighted by molar-refractivity contribution is 4.77. The topological polar surface area (TPSA) is 29.9 Å². The molecule has 0 spiro atoms. The number of rotatable bonds is 5. The van der Waals surface area contributed by atoms with Gasteiger partial charge in [-0.1, -0.05) is 19.8 Å². The molecule has 1 aromatic rings. The third-order valence-electron chi connectivity index (χ3n) is 3.19. The van der Waals surface area contributed by atoms with Crippen molar-refractivity contribution in [3.05, 3.63) is 18.7 Å². The Kier molecular flexibility index (Phi) is 3.78. The molecule has 1 aliphatic rings. The van der Waals surface area contributed by atoms with E-state index < -0.39 is 0 Å². The van der Waals surface area contributed by atoms with Gasteiger partial charge in [-0.05, 0) is 25.3 Å². The number of hydrogen-bond acceptors (Lipinski definition) is 2. The van der Waals surface area contributed by atoms with Crippen molar-refractivity contribution in [1.29, 1.82) is 0 Å². The van der Waals surface area contributed by atoms with E-state index >= 15 is 0 Å². The maximum Gasteiger partial charge on any atom is 0.0946 e. The van der Waals surface area contributed by atoms with Crippen LogP contribution in [0.5, 0.6) is 0 Å². The summed E-state index contributed by atoms with van der Waals surface area (Å²) in [6.45, 7) is 4.49. The van der Waals surface area contributed by atoms with Crippen LogP contribution in [0.3, 0.4) is 0 Å². The van der Waals surface area contributed by atoms with Crippen LogP contribution >= 0.6 is 0 Å². The fourth-order valence-corrected chi connectivity index (χ4v) is 2.32. The van der Waals surface area contributed by atoms with E-state index in [1.807, 2.05) is 18.7 Å². The van der Waals surface area contributed by atoms with Gasteiger partial charge < -0.3 is 9.88 Å². The molecule has 0 saturated heterocycles. The van der Waals surface area contributed by atoms with Gasteiger partial charge in [0, 0.05) is 25.0 Å². The Morgan fingerprint density at radius 1 is 1.47 bits per heavy atom. The maximum atomic E-state index is 4.06. The number of nitrogens with one attached hydrogen (secondary N) is 1. The van der Waals surface area contributed by atoms with Gasteiger partial charge in [-0.25, -0.2) is 4.98 Å². The number of imidazole rings is 1. The molecule has 1 aliphatic carbocycles. The van der Waals surface area contributed by atoms with Crippen molar-refractivity contribution in [3.8, 4) is 0 Å². The van der Waals surface area contributed by atoms with Crippen LogP contribution in [0.25, 0.3) is 0 Å². The Hall–Kier alpha value is -0.830. The van der Waals surface area contributed by atoms with Crippen LogP contribution in [-0.2, 0) is 6.54 Å². The van der Waals surface area contributed by atoms with Gasteiger partial charge in [0.1, 0.15) is 0 Å². The Labute approximate surface area is 91.9 Å². The summed E-state index contributed by atoms with van der Waals surface area (Å²) in [6.07, 6.45) is 11.3. The molecule has 0 bridgehead atoms. The molecule has 1 fully saturated rings. The Bertz CT molecular complexity index is 262. The molecule has 3 heteroatoms. The van der Waals surface area contributed by atoms with E-state index in [1.54, 1.807) is 0 Å². The molecule has 0 aromatic carbocycles. The summed E-state index contributed by atoms with van der Waals surface area (Å²) in [5.74, 6) is 0.680. The summed E-state index contributed by atoms with van der Waals surface area (Å²) in [5, 5.41) is 3.66. The Morgan fingerprint density at radius 2 is 2.27 bits per heavy atom. The minimum Gasteiger partial charge on any atom is -0.337 e. The summed E-state index contributed by atoms with van der Waals surface area (Å²) in [7, 11) is 0. The van der Waals surface area contributed by atoms with Crippen molar-refractivity contribution in [2.45, 2.75) is 45.2 Å². The van der Waals surface area contributed by atoms with Crippen molar-refractivity contribution >= 4 is 0 Å². The Balaban J connectivity index is 1.66. The molecule has 1 atom stereocenters. The Morgan fingerprint density at radius 3 is 2.93 bits per heavy atom. The molecular formula is C12H21N3. The average molecular weight is 207 g/mol. The van der Waals surface area contributed by atoms with E-state index in [-0.39, 0.29) is 0 Å². The fourth-order valence-electron chi connectivity index (χ4n) is 2.32. The monoisotopic (exact) mass is 207 g/mol. The van der Waals surface area contributed by atoms with Crippen LogP contribution in [0.2, 0.25) is 0 Å². The van der Waals surface area contributed by atoms with Crippen LogP contribution in [0, 0.1) is 5.92 Å². The normalized spacial score (nSPS) is 19.5. The third kappa shape index (κ3) is 3.34. The van der Waals surface area contributed by atoms with Gasteiger partial charge in [-0.15, -0.1) is 0 Å². The average Bonchev–Trinajstić information content (AvgIpc) is 2.86. The zero-order chi connectivity index (χ0) is 10.5. The van der Waals surface area contributed by atoms with E-state index in [1.165, 1.54) is 25.7 Å². The zero-order valence-electron chi connectivity index (χ0n) is 9.52. The molecule has 0 aliphatic heterocycles. The number of nitrogens with zero attached hydrogens (tertiary/aromatic N) is 2. The number of hydrogen-bond donors (Lipinski definition) is 1. The van der Waals surface area contributed by atoms with E-state index in [9.17, 15) is 0 Å². The quantitative estimate of drug-likeness (QED) is 0.801. The lowest BCUT2D eigenvalue weighted by Gasteiger charge is -2.17. The van der Waals surface area contributed by atoms with Gasteiger partial charge in [-0.2, -0.15) is 0 Å². The van der Waals surface area contributed by atoms with Crippen LogP contribution in [0.4, 0.5) is 0 Å². The van der Waals surface area contributed by atoms with Gasteiger partial charge in [0.05, 0.1) is 6.33 Å². The lowest BCUT2D eigenvalue weighted by atomic mass is 10.1. The van der Waals surface area contributed by atoms with Crippen molar-refractivity contribution in [2.24, 2.45) is 5.92 Å². The molecule has 1 saturated carbocycles. The fraction of sp³-hybridized carbons (Fsp3) is 0.750. The van der Waals surface area contributed by atoms with Crippen LogP contribution in [0.15, 0.2) is 18.7 Å². The first-order valence-electron chi connectivity index (χ1n) is 6.03. The molecule has 1 aromatic heterocycles. The first-order chi connectivity index (χ1) is 7.34. The van der Waals surface area contributed by atoms with Gasteiger partial charge in [0.2, 0.25) is 0 Å². The minimum absolute atomic E-state index is 0.680. The lowest BCUT2D eigenvalue weighted by Crippen LogP contribution is -2.31. The molecule has 0 amide bonds. The second-order valence-electron chi connectivity index (χ2n) is 4.75. The first kappa shape index (κ1) is 10.7. The van der Waals surface area contributed by atoms with E-state index in [0.29, 0.717) is 5.92 Å². The van der Waals surface area contributed by atoms with Gasteiger partial charge in [-0.3, -0.25) is 0 Å². The summed E-state index contributed by atoms with van der Waals surface area (Å²) in [5.41, 5.74) is 0. The molecule has 15 heavy (non-hydrogen) atoms. The van der Waals surface area contributed by atoms with E-state index in [4.69, 9.17) is 0 Å². The van der Waals surface area contributed by atoms with Crippen molar-refractivity contribution in [2.75, 3.05) is 6.54 Å².